The van der Waals surface area contributed by atoms with Crippen molar-refractivity contribution >= 4 is 11.6 Å². The van der Waals surface area contributed by atoms with E-state index < -0.39 is 0 Å². The van der Waals surface area contributed by atoms with Crippen molar-refractivity contribution in [1.29, 1.82) is 0 Å². The lowest BCUT2D eigenvalue weighted by atomic mass is 10.1. The van der Waals surface area contributed by atoms with Crippen LogP contribution in [-0.4, -0.2) is 5.91 Å². The molecular formula is C17H19N2O+. The van der Waals surface area contributed by atoms with E-state index in [1.165, 1.54) is 24.0 Å². The van der Waals surface area contributed by atoms with Crippen LogP contribution in [0.1, 0.15) is 23.2 Å². The number of anilines is 1. The lowest BCUT2D eigenvalue weighted by molar-refractivity contribution is -0.690. The van der Waals surface area contributed by atoms with Crippen LogP contribution in [0.15, 0.2) is 42.6 Å². The average Bonchev–Trinajstić information content (AvgIpc) is 2.89. The first-order chi connectivity index (χ1) is 9.72. The van der Waals surface area contributed by atoms with E-state index in [9.17, 15) is 4.79 Å². The zero-order valence-corrected chi connectivity index (χ0v) is 11.7. The Hall–Kier alpha value is -2.16. The van der Waals surface area contributed by atoms with Crippen molar-refractivity contribution in [3.63, 3.8) is 0 Å². The van der Waals surface area contributed by atoms with Crippen molar-refractivity contribution < 1.29 is 9.36 Å². The van der Waals surface area contributed by atoms with E-state index in [4.69, 9.17) is 0 Å². The first-order valence-corrected chi connectivity index (χ1v) is 7.09. The summed E-state index contributed by atoms with van der Waals surface area (Å²) in [5.74, 6) is 0.0160. The summed E-state index contributed by atoms with van der Waals surface area (Å²) in [6.07, 6.45) is 5.46. The Labute approximate surface area is 119 Å². The summed E-state index contributed by atoms with van der Waals surface area (Å²) in [7, 11) is 0. The number of fused-ring (bicyclic) bond motifs is 1. The van der Waals surface area contributed by atoms with Gasteiger partial charge in [-0.05, 0) is 42.5 Å². The lowest BCUT2D eigenvalue weighted by Gasteiger charge is -2.06. The number of nitrogens with zero attached hydrogens (tertiary/aromatic N) is 1. The number of hydrogen-bond donors (Lipinski definition) is 1. The number of amides is 1. The maximum Gasteiger partial charge on any atom is 0.290 e. The maximum atomic E-state index is 12.1. The first kappa shape index (κ1) is 12.9. The molecule has 0 saturated carbocycles. The van der Waals surface area contributed by atoms with Gasteiger partial charge in [0, 0.05) is 24.7 Å². The van der Waals surface area contributed by atoms with Crippen LogP contribution >= 0.6 is 0 Å². The van der Waals surface area contributed by atoms with Gasteiger partial charge in [-0.3, -0.25) is 4.79 Å². The fourth-order valence-corrected chi connectivity index (χ4v) is 2.74. The van der Waals surface area contributed by atoms with Gasteiger partial charge in [-0.2, -0.15) is 4.57 Å². The Kier molecular flexibility index (Phi) is 3.50. The topological polar surface area (TPSA) is 33.0 Å². The van der Waals surface area contributed by atoms with Gasteiger partial charge >= 0.3 is 0 Å². The fourth-order valence-electron chi connectivity index (χ4n) is 2.74. The standard InChI is InChI=1S/C17H18N2O/c1-13-5-2-3-10-19(13)12-17(20)18-16-9-8-14-6-4-7-15(14)11-16/h2-3,5,8-11H,4,6-7,12H2,1H3/p+1. The predicted molar refractivity (Wildman–Crippen MR) is 78.5 cm³/mol. The van der Waals surface area contributed by atoms with Crippen LogP contribution in [0.2, 0.25) is 0 Å². The molecule has 3 heteroatoms. The Balaban J connectivity index is 1.69. The molecule has 1 aromatic carbocycles. The Bertz CT molecular complexity index is 649. The molecule has 0 saturated heterocycles. The zero-order chi connectivity index (χ0) is 13.9. The molecule has 20 heavy (non-hydrogen) atoms. The quantitative estimate of drug-likeness (QED) is 0.851. The van der Waals surface area contributed by atoms with E-state index in [1.807, 2.05) is 42.0 Å². The third-order valence-corrected chi connectivity index (χ3v) is 3.86. The molecule has 0 bridgehead atoms. The molecule has 0 radical (unpaired) electrons. The Morgan fingerprint density at radius 1 is 1.20 bits per heavy atom. The molecule has 1 heterocycles. The van der Waals surface area contributed by atoms with Crippen LogP contribution < -0.4 is 9.88 Å². The van der Waals surface area contributed by atoms with Gasteiger partial charge in [0.2, 0.25) is 6.54 Å². The van der Waals surface area contributed by atoms with Gasteiger partial charge < -0.3 is 5.32 Å². The number of carbonyl (C=O) groups is 1. The largest absolute Gasteiger partial charge is 0.321 e. The van der Waals surface area contributed by atoms with Crippen LogP contribution in [0.4, 0.5) is 5.69 Å². The van der Waals surface area contributed by atoms with E-state index in [0.29, 0.717) is 6.54 Å². The van der Waals surface area contributed by atoms with E-state index in [-0.39, 0.29) is 5.91 Å². The van der Waals surface area contributed by atoms with Crippen molar-refractivity contribution in [1.82, 2.24) is 0 Å². The van der Waals surface area contributed by atoms with Gasteiger partial charge in [0.15, 0.2) is 11.9 Å². The number of carbonyl (C=O) groups excluding carboxylic acids is 1. The Morgan fingerprint density at radius 3 is 2.90 bits per heavy atom. The lowest BCUT2D eigenvalue weighted by Crippen LogP contribution is -2.42. The minimum atomic E-state index is 0.0160. The molecule has 0 fully saturated rings. The molecule has 0 aliphatic heterocycles. The van der Waals surface area contributed by atoms with E-state index >= 15 is 0 Å². The molecule has 3 nitrogen and oxygen atoms in total. The number of nitrogens with one attached hydrogen (secondary N) is 1. The van der Waals surface area contributed by atoms with Gasteiger partial charge in [0.05, 0.1) is 0 Å². The van der Waals surface area contributed by atoms with Gasteiger partial charge in [-0.25, -0.2) is 0 Å². The van der Waals surface area contributed by atoms with Crippen molar-refractivity contribution in [2.75, 3.05) is 5.32 Å². The molecule has 0 unspecified atom stereocenters. The van der Waals surface area contributed by atoms with Crippen molar-refractivity contribution in [3.05, 3.63) is 59.4 Å². The normalized spacial score (nSPS) is 13.1. The summed E-state index contributed by atoms with van der Waals surface area (Å²) in [6, 6.07) is 12.2. The summed E-state index contributed by atoms with van der Waals surface area (Å²) in [6.45, 7) is 2.35. The highest BCUT2D eigenvalue weighted by Gasteiger charge is 2.14. The minimum Gasteiger partial charge on any atom is -0.321 e. The summed E-state index contributed by atoms with van der Waals surface area (Å²) in [4.78, 5) is 12.1. The summed E-state index contributed by atoms with van der Waals surface area (Å²) in [5.41, 5.74) is 4.80. The second-order valence-corrected chi connectivity index (χ2v) is 5.36. The number of aromatic nitrogens is 1. The molecule has 1 aromatic heterocycles. The second-order valence-electron chi connectivity index (χ2n) is 5.36. The molecule has 1 aliphatic rings. The van der Waals surface area contributed by atoms with Crippen molar-refractivity contribution in [2.45, 2.75) is 32.7 Å². The third-order valence-electron chi connectivity index (χ3n) is 3.86. The average molecular weight is 267 g/mol. The summed E-state index contributed by atoms with van der Waals surface area (Å²) >= 11 is 0. The summed E-state index contributed by atoms with van der Waals surface area (Å²) in [5, 5.41) is 2.99. The van der Waals surface area contributed by atoms with Crippen LogP contribution in [0, 0.1) is 6.92 Å². The van der Waals surface area contributed by atoms with Crippen molar-refractivity contribution in [2.24, 2.45) is 0 Å². The molecule has 3 rings (SSSR count). The van der Waals surface area contributed by atoms with E-state index in [0.717, 1.165) is 17.8 Å². The monoisotopic (exact) mass is 267 g/mol. The van der Waals surface area contributed by atoms with Crippen LogP contribution in [-0.2, 0) is 24.2 Å². The highest BCUT2D eigenvalue weighted by Crippen LogP contribution is 2.24. The molecule has 0 spiro atoms. The highest BCUT2D eigenvalue weighted by molar-refractivity contribution is 5.89. The number of benzene rings is 1. The van der Waals surface area contributed by atoms with Crippen molar-refractivity contribution in [3.8, 4) is 0 Å². The smallest absolute Gasteiger partial charge is 0.290 e. The van der Waals surface area contributed by atoms with Crippen LogP contribution in [0.25, 0.3) is 0 Å². The van der Waals surface area contributed by atoms with Crippen LogP contribution in [0.3, 0.4) is 0 Å². The summed E-state index contributed by atoms with van der Waals surface area (Å²) < 4.78 is 1.95. The SMILES string of the molecule is Cc1cccc[n+]1CC(=O)Nc1ccc2c(c1)CCC2. The number of aryl methyl sites for hydroxylation is 3. The highest BCUT2D eigenvalue weighted by atomic mass is 16.1. The molecular weight excluding hydrogens is 248 g/mol. The number of hydrogen-bond acceptors (Lipinski definition) is 1. The van der Waals surface area contributed by atoms with E-state index in [1.54, 1.807) is 0 Å². The van der Waals surface area contributed by atoms with E-state index in [2.05, 4.69) is 17.4 Å². The van der Waals surface area contributed by atoms with Crippen LogP contribution in [0.5, 0.6) is 0 Å². The predicted octanol–water partition coefficient (Wildman–Crippen LogP) is 2.41. The molecule has 2 aromatic rings. The fraction of sp³-hybridized carbons (Fsp3) is 0.294. The zero-order valence-electron chi connectivity index (χ0n) is 11.7. The molecule has 0 atom stereocenters. The first-order valence-electron chi connectivity index (χ1n) is 7.09. The molecule has 102 valence electrons. The maximum absolute atomic E-state index is 12.1. The molecule has 1 N–H and O–H groups in total. The number of rotatable bonds is 3. The van der Waals surface area contributed by atoms with Gasteiger partial charge in [-0.15, -0.1) is 0 Å². The Morgan fingerprint density at radius 2 is 2.05 bits per heavy atom. The van der Waals surface area contributed by atoms with Gasteiger partial charge in [0.1, 0.15) is 0 Å². The number of pyridine rings is 1. The molecule has 1 amide bonds. The second kappa shape index (κ2) is 5.45. The minimum absolute atomic E-state index is 0.0160. The van der Waals surface area contributed by atoms with Gasteiger partial charge in [-0.1, -0.05) is 12.1 Å². The molecule has 1 aliphatic carbocycles. The third kappa shape index (κ3) is 2.72. The van der Waals surface area contributed by atoms with Gasteiger partial charge in [0.25, 0.3) is 5.91 Å².